The number of aliphatic hydroxyl groups is 1. The van der Waals surface area contributed by atoms with Gasteiger partial charge in [-0.05, 0) is 6.92 Å². The van der Waals surface area contributed by atoms with Gasteiger partial charge in [0.05, 0.1) is 26.0 Å². The lowest BCUT2D eigenvalue weighted by molar-refractivity contribution is 0.109. The molecule has 0 bridgehead atoms. The summed E-state index contributed by atoms with van der Waals surface area (Å²) in [5.41, 5.74) is 5.47. The Balaban J connectivity index is 2.63. The maximum atomic E-state index is 8.76. The third-order valence-electron chi connectivity index (χ3n) is 1.35. The summed E-state index contributed by atoms with van der Waals surface area (Å²) >= 11 is 1.33. The molecule has 5 nitrogen and oxygen atoms in total. The highest BCUT2D eigenvalue weighted by Crippen LogP contribution is 2.24. The average Bonchev–Trinajstić information content (AvgIpc) is 2.51. The van der Waals surface area contributed by atoms with E-state index in [2.05, 4.69) is 4.98 Å². The zero-order valence-electron chi connectivity index (χ0n) is 7.43. The zero-order valence-corrected chi connectivity index (χ0v) is 8.25. The molecule has 3 N–H and O–H groups in total. The lowest BCUT2D eigenvalue weighted by atomic mass is 10.6. The molecule has 1 aromatic heterocycles. The van der Waals surface area contributed by atoms with Crippen molar-refractivity contribution in [1.82, 2.24) is 4.98 Å². The van der Waals surface area contributed by atoms with E-state index >= 15 is 0 Å². The van der Waals surface area contributed by atoms with Gasteiger partial charge in [0.2, 0.25) is 0 Å². The molecular weight excluding hydrogens is 190 g/mol. The van der Waals surface area contributed by atoms with Crippen LogP contribution < -0.4 is 10.8 Å². The molecule has 0 atom stereocenters. The molecule has 0 aromatic carbocycles. The molecule has 0 unspecified atom stereocenters. The molecule has 0 amide bonds. The molecule has 1 aromatic rings. The number of nitrogens with two attached hydrogens (primary N) is 1. The Labute approximate surface area is 80.7 Å². The minimum atomic E-state index is 0.0395. The molecule has 6 heteroatoms. The van der Waals surface area contributed by atoms with Crippen molar-refractivity contribution in [2.75, 3.05) is 30.6 Å². The monoisotopic (exact) mass is 203 g/mol. The summed E-state index contributed by atoms with van der Waals surface area (Å²) in [6.07, 6.45) is 1.63. The predicted octanol–water partition coefficient (Wildman–Crippen LogP) is 0.476. The van der Waals surface area contributed by atoms with E-state index in [9.17, 15) is 0 Å². The Morgan fingerprint density at radius 1 is 1.77 bits per heavy atom. The summed E-state index contributed by atoms with van der Waals surface area (Å²) in [6.45, 7) is 2.90. The summed E-state index contributed by atoms with van der Waals surface area (Å²) in [7, 11) is 0. The SMILES string of the molecule is CCON(CCO)c1cnc(N)s1. The number of hydrogen-bond acceptors (Lipinski definition) is 6. The second kappa shape index (κ2) is 5.00. The van der Waals surface area contributed by atoms with Crippen LogP contribution >= 0.6 is 11.3 Å². The van der Waals surface area contributed by atoms with Crippen molar-refractivity contribution >= 4 is 21.5 Å². The van der Waals surface area contributed by atoms with Gasteiger partial charge < -0.3 is 10.8 Å². The van der Waals surface area contributed by atoms with Gasteiger partial charge in [-0.15, -0.1) is 0 Å². The molecule has 13 heavy (non-hydrogen) atoms. The fraction of sp³-hybridized carbons (Fsp3) is 0.571. The first-order valence-corrected chi connectivity index (χ1v) is 4.82. The summed E-state index contributed by atoms with van der Waals surface area (Å²) < 4.78 is 0. The van der Waals surface area contributed by atoms with Gasteiger partial charge in [-0.25, -0.2) is 10.0 Å². The van der Waals surface area contributed by atoms with Crippen molar-refractivity contribution < 1.29 is 9.94 Å². The van der Waals surface area contributed by atoms with Crippen LogP contribution in [0.3, 0.4) is 0 Å². The summed E-state index contributed by atoms with van der Waals surface area (Å²) in [5.74, 6) is 0. The van der Waals surface area contributed by atoms with Crippen LogP contribution in [-0.2, 0) is 4.84 Å². The Morgan fingerprint density at radius 3 is 3.00 bits per heavy atom. The van der Waals surface area contributed by atoms with Crippen molar-refractivity contribution in [2.24, 2.45) is 0 Å². The molecule has 0 fully saturated rings. The van der Waals surface area contributed by atoms with Crippen LogP contribution in [0.5, 0.6) is 0 Å². The summed E-state index contributed by atoms with van der Waals surface area (Å²) in [6, 6.07) is 0. The molecule has 1 rings (SSSR count). The second-order valence-electron chi connectivity index (χ2n) is 2.28. The number of hydroxylamine groups is 1. The minimum absolute atomic E-state index is 0.0395. The van der Waals surface area contributed by atoms with Gasteiger partial charge in [-0.1, -0.05) is 11.3 Å². The lowest BCUT2D eigenvalue weighted by Gasteiger charge is -2.19. The third kappa shape index (κ3) is 2.83. The highest BCUT2D eigenvalue weighted by Gasteiger charge is 2.08. The fourth-order valence-electron chi connectivity index (χ4n) is 0.879. The van der Waals surface area contributed by atoms with Crippen molar-refractivity contribution in [2.45, 2.75) is 6.92 Å². The van der Waals surface area contributed by atoms with Crippen LogP contribution in [0.25, 0.3) is 0 Å². The van der Waals surface area contributed by atoms with Crippen LogP contribution in [0.15, 0.2) is 6.20 Å². The number of aromatic nitrogens is 1. The predicted molar refractivity (Wildman–Crippen MR) is 52.6 cm³/mol. The number of anilines is 2. The number of rotatable bonds is 5. The topological polar surface area (TPSA) is 71.6 Å². The number of hydrogen-bond donors (Lipinski definition) is 2. The van der Waals surface area contributed by atoms with Crippen LogP contribution in [0, 0.1) is 0 Å². The molecule has 74 valence electrons. The standard InChI is InChI=1S/C7H13N3O2S/c1-2-12-10(3-4-11)6-5-9-7(8)13-6/h5,11H,2-4H2,1H3,(H2,8,9). The van der Waals surface area contributed by atoms with E-state index in [-0.39, 0.29) is 6.61 Å². The van der Waals surface area contributed by atoms with E-state index in [0.29, 0.717) is 18.3 Å². The van der Waals surface area contributed by atoms with E-state index in [1.54, 1.807) is 11.3 Å². The first-order valence-electron chi connectivity index (χ1n) is 4.00. The van der Waals surface area contributed by atoms with Gasteiger partial charge in [-0.3, -0.25) is 4.84 Å². The average molecular weight is 203 g/mol. The highest BCUT2D eigenvalue weighted by atomic mass is 32.1. The van der Waals surface area contributed by atoms with Crippen molar-refractivity contribution in [1.29, 1.82) is 0 Å². The molecule has 0 saturated heterocycles. The van der Waals surface area contributed by atoms with Crippen molar-refractivity contribution in [3.8, 4) is 0 Å². The van der Waals surface area contributed by atoms with E-state index in [1.807, 2.05) is 6.92 Å². The molecule has 0 aliphatic carbocycles. The summed E-state index contributed by atoms with van der Waals surface area (Å²) in [5, 5.41) is 11.7. The molecule has 0 aliphatic rings. The van der Waals surface area contributed by atoms with E-state index in [0.717, 1.165) is 5.00 Å². The van der Waals surface area contributed by atoms with Gasteiger partial charge in [0.15, 0.2) is 5.13 Å². The van der Waals surface area contributed by atoms with E-state index in [1.165, 1.54) is 11.3 Å². The van der Waals surface area contributed by atoms with Gasteiger partial charge >= 0.3 is 0 Å². The largest absolute Gasteiger partial charge is 0.394 e. The Hall–Kier alpha value is -0.850. The van der Waals surface area contributed by atoms with Crippen LogP contribution in [0.2, 0.25) is 0 Å². The van der Waals surface area contributed by atoms with Gasteiger partial charge in [0, 0.05) is 0 Å². The number of thiazole rings is 1. The smallest absolute Gasteiger partial charge is 0.182 e. The van der Waals surface area contributed by atoms with Crippen LogP contribution in [0.4, 0.5) is 10.1 Å². The van der Waals surface area contributed by atoms with Crippen molar-refractivity contribution in [3.63, 3.8) is 0 Å². The third-order valence-corrected chi connectivity index (χ3v) is 2.18. The Kier molecular flexibility index (Phi) is 3.94. The fourth-order valence-corrected chi connectivity index (χ4v) is 1.55. The zero-order chi connectivity index (χ0) is 9.68. The molecule has 0 radical (unpaired) electrons. The minimum Gasteiger partial charge on any atom is -0.394 e. The molecule has 0 aliphatic heterocycles. The van der Waals surface area contributed by atoms with Gasteiger partial charge in [0.25, 0.3) is 0 Å². The Morgan fingerprint density at radius 2 is 2.54 bits per heavy atom. The first-order chi connectivity index (χ1) is 6.27. The first kappa shape index (κ1) is 10.2. The quantitative estimate of drug-likeness (QED) is 0.681. The normalized spacial score (nSPS) is 10.3. The van der Waals surface area contributed by atoms with E-state index in [4.69, 9.17) is 15.7 Å². The van der Waals surface area contributed by atoms with Gasteiger partial charge in [-0.2, -0.15) is 0 Å². The maximum Gasteiger partial charge on any atom is 0.182 e. The number of nitrogens with zero attached hydrogens (tertiary/aromatic N) is 2. The highest BCUT2D eigenvalue weighted by molar-refractivity contribution is 7.19. The van der Waals surface area contributed by atoms with Crippen LogP contribution in [0.1, 0.15) is 6.92 Å². The van der Waals surface area contributed by atoms with Gasteiger partial charge in [0.1, 0.15) is 5.00 Å². The second-order valence-corrected chi connectivity index (χ2v) is 3.32. The summed E-state index contributed by atoms with van der Waals surface area (Å²) in [4.78, 5) is 9.16. The number of aliphatic hydroxyl groups excluding tert-OH is 1. The lowest BCUT2D eigenvalue weighted by Crippen LogP contribution is -2.25. The maximum absolute atomic E-state index is 8.76. The van der Waals surface area contributed by atoms with Crippen molar-refractivity contribution in [3.05, 3.63) is 6.20 Å². The Bertz CT molecular complexity index is 248. The van der Waals surface area contributed by atoms with Crippen LogP contribution in [-0.4, -0.2) is 29.8 Å². The molecule has 0 spiro atoms. The molecule has 1 heterocycles. The molecule has 0 saturated carbocycles. The van der Waals surface area contributed by atoms with E-state index < -0.39 is 0 Å². The number of nitrogen functional groups attached to an aromatic ring is 1. The molecular formula is C7H13N3O2S.